The molecule has 0 aromatic rings. The number of hydrogen-bond donors (Lipinski definition) is 3. The van der Waals surface area contributed by atoms with Gasteiger partial charge in [-0.1, -0.05) is 13.8 Å². The summed E-state index contributed by atoms with van der Waals surface area (Å²) in [7, 11) is 0. The molecule has 4 N–H and O–H groups in total. The fourth-order valence-electron chi connectivity index (χ4n) is 1.50. The van der Waals surface area contributed by atoms with Gasteiger partial charge in [-0.25, -0.2) is 0 Å². The third-order valence-corrected chi connectivity index (χ3v) is 2.82. The van der Waals surface area contributed by atoms with Crippen molar-refractivity contribution >= 4 is 5.91 Å². The molecule has 0 spiro atoms. The van der Waals surface area contributed by atoms with Gasteiger partial charge in [-0.15, -0.1) is 0 Å². The number of aliphatic hydroxyl groups is 1. The predicted octanol–water partition coefficient (Wildman–Crippen LogP) is -0.763. The van der Waals surface area contributed by atoms with Crippen molar-refractivity contribution in [3.8, 4) is 0 Å². The highest BCUT2D eigenvalue weighted by Gasteiger charge is 2.39. The molecule has 0 bridgehead atoms. The van der Waals surface area contributed by atoms with Crippen LogP contribution >= 0.6 is 0 Å². The van der Waals surface area contributed by atoms with Crippen LogP contribution in [0.15, 0.2) is 0 Å². The zero-order chi connectivity index (χ0) is 11.5. The van der Waals surface area contributed by atoms with Crippen LogP contribution in [0, 0.1) is 5.92 Å². The Labute approximate surface area is 90.0 Å². The zero-order valence-corrected chi connectivity index (χ0v) is 9.32. The lowest BCUT2D eigenvalue weighted by Gasteiger charge is -2.26. The molecule has 5 nitrogen and oxygen atoms in total. The largest absolute Gasteiger partial charge is 0.394 e. The lowest BCUT2D eigenvalue weighted by atomic mass is 9.97. The highest BCUT2D eigenvalue weighted by atomic mass is 16.5. The van der Waals surface area contributed by atoms with Crippen LogP contribution in [-0.2, 0) is 9.53 Å². The molecule has 0 aromatic heterocycles. The summed E-state index contributed by atoms with van der Waals surface area (Å²) in [6, 6.07) is -0.237. The van der Waals surface area contributed by atoms with Crippen molar-refractivity contribution in [3.63, 3.8) is 0 Å². The first-order chi connectivity index (χ1) is 6.99. The smallest absolute Gasteiger partial charge is 0.242 e. The summed E-state index contributed by atoms with van der Waals surface area (Å²) in [5.41, 5.74) is 4.97. The van der Waals surface area contributed by atoms with Gasteiger partial charge in [-0.2, -0.15) is 0 Å². The number of nitrogens with one attached hydrogen (secondary N) is 1. The molecule has 2 unspecified atom stereocenters. The molecule has 15 heavy (non-hydrogen) atoms. The summed E-state index contributed by atoms with van der Waals surface area (Å²) >= 11 is 0. The molecule has 1 amide bonds. The van der Waals surface area contributed by atoms with Crippen molar-refractivity contribution in [1.82, 2.24) is 5.32 Å². The third kappa shape index (κ3) is 2.90. The fraction of sp³-hybridized carbons (Fsp3) is 0.900. The van der Waals surface area contributed by atoms with Gasteiger partial charge < -0.3 is 20.9 Å². The maximum Gasteiger partial charge on any atom is 0.242 e. The van der Waals surface area contributed by atoms with Crippen LogP contribution in [0.2, 0.25) is 0 Å². The Balaban J connectivity index is 2.53. The second kappa shape index (κ2) is 4.92. The molecule has 1 saturated heterocycles. The second-order valence-corrected chi connectivity index (χ2v) is 4.47. The van der Waals surface area contributed by atoms with E-state index in [-0.39, 0.29) is 31.1 Å². The molecule has 1 aliphatic rings. The van der Waals surface area contributed by atoms with Crippen LogP contribution in [0.5, 0.6) is 0 Å². The van der Waals surface area contributed by atoms with Crippen molar-refractivity contribution in [3.05, 3.63) is 0 Å². The van der Waals surface area contributed by atoms with Gasteiger partial charge in [-0.05, 0) is 12.3 Å². The van der Waals surface area contributed by atoms with E-state index >= 15 is 0 Å². The molecule has 0 radical (unpaired) electrons. The molecule has 88 valence electrons. The number of amides is 1. The summed E-state index contributed by atoms with van der Waals surface area (Å²) < 4.78 is 5.11. The summed E-state index contributed by atoms with van der Waals surface area (Å²) in [6.07, 6.45) is 0.537. The number of rotatable bonds is 4. The predicted molar refractivity (Wildman–Crippen MR) is 56.2 cm³/mol. The number of carbonyl (C=O) groups excluding carboxylic acids is 1. The van der Waals surface area contributed by atoms with Gasteiger partial charge in [0.25, 0.3) is 0 Å². The standard InChI is InChI=1S/C10H20N2O3/c1-7(2)8(5-13)12-9(14)10(11)3-4-15-6-10/h7-8,13H,3-6,11H2,1-2H3,(H,12,14). The molecule has 1 rings (SSSR count). The van der Waals surface area contributed by atoms with E-state index in [0.717, 1.165) is 0 Å². The minimum absolute atomic E-state index is 0.0691. The van der Waals surface area contributed by atoms with Gasteiger partial charge in [0.1, 0.15) is 5.54 Å². The first-order valence-corrected chi connectivity index (χ1v) is 5.28. The van der Waals surface area contributed by atoms with Gasteiger partial charge in [-0.3, -0.25) is 4.79 Å². The van der Waals surface area contributed by atoms with Gasteiger partial charge in [0.2, 0.25) is 5.91 Å². The Kier molecular flexibility index (Phi) is 4.07. The highest BCUT2D eigenvalue weighted by molar-refractivity contribution is 5.86. The summed E-state index contributed by atoms with van der Waals surface area (Å²) in [5, 5.41) is 11.8. The Morgan fingerprint density at radius 3 is 2.73 bits per heavy atom. The molecule has 5 heteroatoms. The molecular weight excluding hydrogens is 196 g/mol. The van der Waals surface area contributed by atoms with Crippen LogP contribution < -0.4 is 11.1 Å². The summed E-state index contributed by atoms with van der Waals surface area (Å²) in [5.74, 6) is -0.0439. The molecule has 1 fully saturated rings. The normalized spacial score (nSPS) is 28.1. The second-order valence-electron chi connectivity index (χ2n) is 4.47. The number of aliphatic hydroxyl groups excluding tert-OH is 1. The van der Waals surface area contributed by atoms with Gasteiger partial charge in [0.15, 0.2) is 0 Å². The molecular formula is C10H20N2O3. The monoisotopic (exact) mass is 216 g/mol. The van der Waals surface area contributed by atoms with Crippen molar-refractivity contribution in [1.29, 1.82) is 0 Å². The van der Waals surface area contributed by atoms with Gasteiger partial charge >= 0.3 is 0 Å². The van der Waals surface area contributed by atoms with Crippen molar-refractivity contribution < 1.29 is 14.6 Å². The van der Waals surface area contributed by atoms with E-state index in [2.05, 4.69) is 5.32 Å². The molecule has 1 heterocycles. The first kappa shape index (κ1) is 12.4. The maximum atomic E-state index is 11.8. The van der Waals surface area contributed by atoms with Gasteiger partial charge in [0, 0.05) is 6.61 Å². The molecule has 0 saturated carbocycles. The third-order valence-electron chi connectivity index (χ3n) is 2.82. The quantitative estimate of drug-likeness (QED) is 0.576. The molecule has 0 aliphatic carbocycles. The Bertz CT molecular complexity index is 225. The van der Waals surface area contributed by atoms with E-state index < -0.39 is 5.54 Å². The Morgan fingerprint density at radius 2 is 2.33 bits per heavy atom. The lowest BCUT2D eigenvalue weighted by Crippen LogP contribution is -2.58. The Morgan fingerprint density at radius 1 is 1.67 bits per heavy atom. The van der Waals surface area contributed by atoms with Crippen molar-refractivity contribution in [2.75, 3.05) is 19.8 Å². The van der Waals surface area contributed by atoms with E-state index in [1.54, 1.807) is 0 Å². The van der Waals surface area contributed by atoms with Crippen LogP contribution in [0.25, 0.3) is 0 Å². The van der Waals surface area contributed by atoms with E-state index in [4.69, 9.17) is 15.6 Å². The van der Waals surface area contributed by atoms with E-state index in [1.807, 2.05) is 13.8 Å². The topological polar surface area (TPSA) is 84.6 Å². The Hall–Kier alpha value is -0.650. The SMILES string of the molecule is CC(C)C(CO)NC(=O)C1(N)CCOC1. The maximum absolute atomic E-state index is 11.8. The summed E-state index contributed by atoms with van der Waals surface area (Å²) in [6.45, 7) is 4.59. The minimum atomic E-state index is -0.914. The van der Waals surface area contributed by atoms with Crippen LogP contribution in [0.4, 0.5) is 0 Å². The van der Waals surface area contributed by atoms with E-state index in [1.165, 1.54) is 0 Å². The molecule has 0 aromatic carbocycles. The van der Waals surface area contributed by atoms with Crippen molar-refractivity contribution in [2.45, 2.75) is 31.8 Å². The zero-order valence-electron chi connectivity index (χ0n) is 9.32. The first-order valence-electron chi connectivity index (χ1n) is 5.28. The van der Waals surface area contributed by atoms with Crippen LogP contribution in [0.1, 0.15) is 20.3 Å². The van der Waals surface area contributed by atoms with Crippen LogP contribution in [-0.4, -0.2) is 42.4 Å². The summed E-state index contributed by atoms with van der Waals surface area (Å²) in [4.78, 5) is 11.8. The molecule has 1 aliphatic heterocycles. The van der Waals surface area contributed by atoms with E-state index in [9.17, 15) is 4.79 Å². The van der Waals surface area contributed by atoms with Gasteiger partial charge in [0.05, 0.1) is 19.3 Å². The van der Waals surface area contributed by atoms with Crippen molar-refractivity contribution in [2.24, 2.45) is 11.7 Å². The minimum Gasteiger partial charge on any atom is -0.394 e. The number of hydrogen-bond acceptors (Lipinski definition) is 4. The molecule has 2 atom stereocenters. The number of ether oxygens (including phenoxy) is 1. The number of carbonyl (C=O) groups is 1. The number of nitrogens with two attached hydrogens (primary N) is 1. The average molecular weight is 216 g/mol. The average Bonchev–Trinajstić information content (AvgIpc) is 2.61. The fourth-order valence-corrected chi connectivity index (χ4v) is 1.50. The lowest BCUT2D eigenvalue weighted by molar-refractivity contribution is -0.127. The van der Waals surface area contributed by atoms with E-state index in [0.29, 0.717) is 13.0 Å². The highest BCUT2D eigenvalue weighted by Crippen LogP contribution is 2.16. The van der Waals surface area contributed by atoms with Crippen LogP contribution in [0.3, 0.4) is 0 Å².